The fourth-order valence-corrected chi connectivity index (χ4v) is 5.89. The predicted octanol–water partition coefficient (Wildman–Crippen LogP) is 0.488. The van der Waals surface area contributed by atoms with Crippen molar-refractivity contribution in [3.05, 3.63) is 18.2 Å². The first-order valence-electron chi connectivity index (χ1n) is 8.10. The van der Waals surface area contributed by atoms with Gasteiger partial charge in [0, 0.05) is 33.7 Å². The maximum atomic E-state index is 12.6. The van der Waals surface area contributed by atoms with Crippen molar-refractivity contribution in [2.45, 2.75) is 17.7 Å². The fraction of sp³-hybridized carbons (Fsp3) is 0.571. The van der Waals surface area contributed by atoms with E-state index in [0.29, 0.717) is 37.0 Å². The average molecular weight is 420 g/mol. The monoisotopic (exact) mass is 419 g/mol. The number of hydrogen-bond donors (Lipinski definition) is 1. The topological polar surface area (TPSA) is 113 Å². The largest absolute Gasteiger partial charge is 0.281 e. The number of fused-ring (bicyclic) bond motifs is 1. The zero-order chi connectivity index (χ0) is 18.9. The number of nitrogens with one attached hydrogen (secondary N) is 1. The second-order valence-electron chi connectivity index (χ2n) is 6.37. The molecule has 0 unspecified atom stereocenters. The minimum absolute atomic E-state index is 0.0890. The maximum absolute atomic E-state index is 12.6. The van der Waals surface area contributed by atoms with Gasteiger partial charge in [-0.05, 0) is 30.9 Å². The Labute approximate surface area is 157 Å². The standard InChI is InChI=1S/C14H21N5O4S3/c1-18(2)26(22,23)19-8-6-11(7-9-19)10-15-25(20,21)13-5-3-4-12-14(13)17-24-16-12/h3-5,11,15H,6-10H2,1-2H3. The van der Waals surface area contributed by atoms with E-state index >= 15 is 0 Å². The number of sulfonamides is 1. The minimum Gasteiger partial charge on any atom is -0.211 e. The molecule has 1 N–H and O–H groups in total. The van der Waals surface area contributed by atoms with Crippen LogP contribution >= 0.6 is 11.7 Å². The normalized spacial score (nSPS) is 18.0. The molecule has 1 fully saturated rings. The van der Waals surface area contributed by atoms with Gasteiger partial charge in [0.15, 0.2) is 0 Å². The molecule has 3 rings (SSSR count). The van der Waals surface area contributed by atoms with E-state index < -0.39 is 20.2 Å². The molecule has 0 radical (unpaired) electrons. The molecule has 1 saturated heterocycles. The quantitative estimate of drug-likeness (QED) is 0.729. The van der Waals surface area contributed by atoms with Crippen LogP contribution in [-0.2, 0) is 20.2 Å². The van der Waals surface area contributed by atoms with Gasteiger partial charge in [-0.2, -0.15) is 25.8 Å². The highest BCUT2D eigenvalue weighted by molar-refractivity contribution is 7.89. The van der Waals surface area contributed by atoms with Crippen molar-refractivity contribution >= 4 is 43.0 Å². The van der Waals surface area contributed by atoms with E-state index in [1.807, 2.05) is 0 Å². The van der Waals surface area contributed by atoms with Crippen molar-refractivity contribution in [1.29, 1.82) is 0 Å². The summed E-state index contributed by atoms with van der Waals surface area (Å²) >= 11 is 0.975. The van der Waals surface area contributed by atoms with Crippen LogP contribution in [0.4, 0.5) is 0 Å². The smallest absolute Gasteiger partial charge is 0.211 e. The summed E-state index contributed by atoms with van der Waals surface area (Å²) in [7, 11) is -4.10. The molecule has 2 aromatic rings. The van der Waals surface area contributed by atoms with Crippen LogP contribution in [0.3, 0.4) is 0 Å². The van der Waals surface area contributed by atoms with Crippen molar-refractivity contribution in [3.8, 4) is 0 Å². The van der Waals surface area contributed by atoms with Gasteiger partial charge in [0.1, 0.15) is 15.9 Å². The van der Waals surface area contributed by atoms with Gasteiger partial charge < -0.3 is 0 Å². The van der Waals surface area contributed by atoms with Gasteiger partial charge in [0.2, 0.25) is 10.0 Å². The lowest BCUT2D eigenvalue weighted by Gasteiger charge is -2.32. The molecule has 0 atom stereocenters. The third-order valence-corrected chi connectivity index (χ3v) is 8.40. The highest BCUT2D eigenvalue weighted by Crippen LogP contribution is 2.23. The van der Waals surface area contributed by atoms with E-state index in [-0.39, 0.29) is 17.4 Å². The maximum Gasteiger partial charge on any atom is 0.281 e. The lowest BCUT2D eigenvalue weighted by atomic mass is 9.99. The molecule has 9 nitrogen and oxygen atoms in total. The molecule has 0 aliphatic carbocycles. The molecule has 2 heterocycles. The van der Waals surface area contributed by atoms with E-state index in [9.17, 15) is 16.8 Å². The van der Waals surface area contributed by atoms with E-state index in [0.717, 1.165) is 11.7 Å². The Kier molecular flexibility index (Phi) is 5.61. The summed E-state index contributed by atoms with van der Waals surface area (Å²) in [5, 5.41) is 0. The average Bonchev–Trinajstić information content (AvgIpc) is 3.08. The van der Waals surface area contributed by atoms with Crippen LogP contribution < -0.4 is 4.72 Å². The van der Waals surface area contributed by atoms with Gasteiger partial charge in [0.25, 0.3) is 10.2 Å². The van der Waals surface area contributed by atoms with Crippen molar-refractivity contribution in [1.82, 2.24) is 22.1 Å². The minimum atomic E-state index is -3.70. The Morgan fingerprint density at radius 1 is 1.19 bits per heavy atom. The molecular formula is C14H21N5O4S3. The number of benzene rings is 1. The number of aromatic nitrogens is 2. The van der Waals surface area contributed by atoms with Crippen LogP contribution in [-0.4, -0.2) is 67.9 Å². The Hall–Kier alpha value is -1.18. The van der Waals surface area contributed by atoms with Gasteiger partial charge in [-0.25, -0.2) is 13.1 Å². The molecule has 1 aliphatic heterocycles. The van der Waals surface area contributed by atoms with Gasteiger partial charge >= 0.3 is 0 Å². The van der Waals surface area contributed by atoms with Crippen LogP contribution in [0.5, 0.6) is 0 Å². The van der Waals surface area contributed by atoms with Crippen LogP contribution in [0.25, 0.3) is 11.0 Å². The third kappa shape index (κ3) is 3.89. The molecule has 12 heteroatoms. The Morgan fingerprint density at radius 3 is 2.54 bits per heavy atom. The van der Waals surface area contributed by atoms with Crippen molar-refractivity contribution in [2.24, 2.45) is 5.92 Å². The molecule has 0 amide bonds. The molecule has 144 valence electrons. The van der Waals surface area contributed by atoms with Gasteiger partial charge in [0.05, 0.1) is 11.7 Å². The first-order chi connectivity index (χ1) is 12.2. The molecule has 1 aromatic carbocycles. The molecule has 26 heavy (non-hydrogen) atoms. The Balaban J connectivity index is 1.63. The Morgan fingerprint density at radius 2 is 1.88 bits per heavy atom. The van der Waals surface area contributed by atoms with Crippen molar-refractivity contribution in [3.63, 3.8) is 0 Å². The van der Waals surface area contributed by atoms with Gasteiger partial charge in [-0.1, -0.05) is 6.07 Å². The number of nitrogens with zero attached hydrogens (tertiary/aromatic N) is 4. The third-order valence-electron chi connectivity index (χ3n) is 4.46. The summed E-state index contributed by atoms with van der Waals surface area (Å²) < 4.78 is 62.9. The second kappa shape index (κ2) is 7.44. The fourth-order valence-electron chi connectivity index (χ4n) is 2.88. The summed E-state index contributed by atoms with van der Waals surface area (Å²) in [4.78, 5) is 0.122. The van der Waals surface area contributed by atoms with Crippen LogP contribution in [0.1, 0.15) is 12.8 Å². The predicted molar refractivity (Wildman–Crippen MR) is 99.5 cm³/mol. The van der Waals surface area contributed by atoms with Crippen molar-refractivity contribution in [2.75, 3.05) is 33.7 Å². The Bertz CT molecular complexity index is 979. The van der Waals surface area contributed by atoms with E-state index in [4.69, 9.17) is 0 Å². The first kappa shape index (κ1) is 19.6. The second-order valence-corrected chi connectivity index (χ2v) is 10.8. The molecule has 0 spiro atoms. The first-order valence-corrected chi connectivity index (χ1v) is 11.7. The van der Waals surface area contributed by atoms with E-state index in [1.165, 1.54) is 28.8 Å². The summed E-state index contributed by atoms with van der Waals surface area (Å²) in [5.41, 5.74) is 0.928. The lowest BCUT2D eigenvalue weighted by Crippen LogP contribution is -2.45. The van der Waals surface area contributed by atoms with Crippen LogP contribution in [0.2, 0.25) is 0 Å². The summed E-state index contributed by atoms with van der Waals surface area (Å²) in [6, 6.07) is 4.87. The number of piperidine rings is 1. The summed E-state index contributed by atoms with van der Waals surface area (Å²) in [5.74, 6) is 0.0890. The summed E-state index contributed by atoms with van der Waals surface area (Å²) in [6.07, 6.45) is 1.22. The van der Waals surface area contributed by atoms with Crippen LogP contribution in [0.15, 0.2) is 23.1 Å². The molecular weight excluding hydrogens is 398 g/mol. The van der Waals surface area contributed by atoms with Crippen LogP contribution in [0, 0.1) is 5.92 Å². The molecule has 1 aromatic heterocycles. The highest BCUT2D eigenvalue weighted by atomic mass is 32.2. The van der Waals surface area contributed by atoms with Gasteiger partial charge in [-0.3, -0.25) is 0 Å². The lowest BCUT2D eigenvalue weighted by molar-refractivity contribution is 0.263. The van der Waals surface area contributed by atoms with E-state index in [2.05, 4.69) is 13.5 Å². The molecule has 0 bridgehead atoms. The van der Waals surface area contributed by atoms with Gasteiger partial charge in [-0.15, -0.1) is 0 Å². The zero-order valence-corrected chi connectivity index (χ0v) is 16.9. The number of hydrogen-bond acceptors (Lipinski definition) is 7. The van der Waals surface area contributed by atoms with Crippen molar-refractivity contribution < 1.29 is 16.8 Å². The van der Waals surface area contributed by atoms with E-state index in [1.54, 1.807) is 12.1 Å². The zero-order valence-electron chi connectivity index (χ0n) is 14.5. The molecule has 0 saturated carbocycles. The summed E-state index contributed by atoms with van der Waals surface area (Å²) in [6.45, 7) is 1.04. The SMILES string of the molecule is CN(C)S(=O)(=O)N1CCC(CNS(=O)(=O)c2cccc3nsnc23)CC1. The number of rotatable bonds is 6. The molecule has 1 aliphatic rings. The highest BCUT2D eigenvalue weighted by Gasteiger charge is 2.30.